The number of ketones is 5. The quantitative estimate of drug-likeness (QED) is 0.482. The van der Waals surface area contributed by atoms with E-state index in [1.54, 1.807) is 13.8 Å². The molecule has 7 nitrogen and oxygen atoms in total. The van der Waals surface area contributed by atoms with Crippen LogP contribution in [0, 0.1) is 41.4 Å². The topological polar surface area (TPSA) is 126 Å². The third-order valence-corrected chi connectivity index (χ3v) is 10.5. The number of rotatable bonds is 5. The molecule has 0 heterocycles. The van der Waals surface area contributed by atoms with E-state index >= 15 is 0 Å². The molecular formula is C34H42O7. The molecule has 0 aromatic heterocycles. The number of aromatic hydroxyl groups is 1. The van der Waals surface area contributed by atoms with Gasteiger partial charge in [-0.3, -0.25) is 24.0 Å². The van der Waals surface area contributed by atoms with E-state index in [0.29, 0.717) is 17.5 Å². The van der Waals surface area contributed by atoms with Crippen molar-refractivity contribution in [3.63, 3.8) is 0 Å². The molecule has 0 spiro atoms. The zero-order valence-corrected chi connectivity index (χ0v) is 24.8. The maximum atomic E-state index is 14.3. The summed E-state index contributed by atoms with van der Waals surface area (Å²) in [4.78, 5) is 67.8. The van der Waals surface area contributed by atoms with Crippen molar-refractivity contribution in [2.24, 2.45) is 41.4 Å². The molecule has 3 saturated carbocycles. The summed E-state index contributed by atoms with van der Waals surface area (Å²) < 4.78 is 0. The molecule has 1 aromatic carbocycles. The number of Topliss-reactive ketones (excluding diaryl/α,β-unsaturated/α-hetero) is 5. The fraction of sp³-hybridized carbons (Fsp3) is 0.618. The van der Waals surface area contributed by atoms with Gasteiger partial charge in [0.25, 0.3) is 0 Å². The number of carbonyl (C=O) groups excluding carboxylic acids is 5. The first kappa shape index (κ1) is 29.6. The molecule has 7 heteroatoms. The Kier molecular flexibility index (Phi) is 7.50. The van der Waals surface area contributed by atoms with Gasteiger partial charge in [-0.2, -0.15) is 0 Å². The number of phenolic OH excluding ortho intramolecular Hbond substituents is 1. The minimum Gasteiger partial charge on any atom is -0.507 e. The van der Waals surface area contributed by atoms with E-state index < -0.39 is 64.1 Å². The van der Waals surface area contributed by atoms with E-state index in [1.165, 1.54) is 0 Å². The van der Waals surface area contributed by atoms with Crippen molar-refractivity contribution in [2.75, 3.05) is 0 Å². The molecular weight excluding hydrogens is 520 g/mol. The summed E-state index contributed by atoms with van der Waals surface area (Å²) >= 11 is 0. The molecule has 5 rings (SSSR count). The standard InChI is InChI=1S/C34H42O7/c1-15(2)21-14-22(17(5)19-10-8-7-9-11-19)29(36)28-23(21)12-20-13-24-25(16(3)4)30(37)26(18(6)35)32(39)34(24,41)33(40)27(20)31(28)38/h14-16,19-20,24-27,36,41H,5,7-13H2,1-4,6H3/t20?,24?,25?,26?,27?,34-/m0/s1. The van der Waals surface area contributed by atoms with Crippen LogP contribution < -0.4 is 0 Å². The minimum atomic E-state index is -2.60. The summed E-state index contributed by atoms with van der Waals surface area (Å²) in [6, 6.07) is 1.95. The van der Waals surface area contributed by atoms with Gasteiger partial charge in [-0.1, -0.05) is 53.5 Å². The summed E-state index contributed by atoms with van der Waals surface area (Å²) in [6.45, 7) is 13.1. The van der Waals surface area contributed by atoms with E-state index in [1.807, 2.05) is 19.9 Å². The van der Waals surface area contributed by atoms with Gasteiger partial charge in [0.15, 0.2) is 28.7 Å². The van der Waals surface area contributed by atoms with Crippen molar-refractivity contribution < 1.29 is 34.2 Å². The number of phenols is 1. The number of carbonyl (C=O) groups is 5. The van der Waals surface area contributed by atoms with Gasteiger partial charge in [0, 0.05) is 17.4 Å². The highest BCUT2D eigenvalue weighted by atomic mass is 16.3. The van der Waals surface area contributed by atoms with Crippen LogP contribution in [0.4, 0.5) is 0 Å². The Morgan fingerprint density at radius 2 is 1.66 bits per heavy atom. The molecule has 4 aliphatic carbocycles. The summed E-state index contributed by atoms with van der Waals surface area (Å²) in [5.74, 6) is -9.66. The first-order chi connectivity index (χ1) is 19.2. The second kappa shape index (κ2) is 10.4. The third kappa shape index (κ3) is 4.29. The van der Waals surface area contributed by atoms with Gasteiger partial charge < -0.3 is 10.2 Å². The van der Waals surface area contributed by atoms with Crippen molar-refractivity contribution in [3.8, 4) is 5.75 Å². The SMILES string of the molecule is C=C(c1cc(C(C)C)c2c(c1O)C(=O)C1C(=O)[C@@]3(O)C(=O)C(C(C)=O)C(=O)C(C(C)C)C3CC1C2)C1CCCCC1. The zero-order chi connectivity index (χ0) is 30.1. The zero-order valence-electron chi connectivity index (χ0n) is 24.8. The molecule has 1 aromatic rings. The largest absolute Gasteiger partial charge is 0.507 e. The summed E-state index contributed by atoms with van der Waals surface area (Å²) in [6.07, 6.45) is 5.69. The van der Waals surface area contributed by atoms with Crippen LogP contribution >= 0.6 is 0 Å². The maximum Gasteiger partial charge on any atom is 0.190 e. The molecule has 5 unspecified atom stereocenters. The number of fused-ring (bicyclic) bond motifs is 3. The lowest BCUT2D eigenvalue weighted by atomic mass is 9.49. The average molecular weight is 563 g/mol. The Balaban J connectivity index is 1.64. The predicted molar refractivity (Wildman–Crippen MR) is 153 cm³/mol. The highest BCUT2D eigenvalue weighted by Gasteiger charge is 2.69. The lowest BCUT2D eigenvalue weighted by molar-refractivity contribution is -0.182. The van der Waals surface area contributed by atoms with Crippen LogP contribution in [0.3, 0.4) is 0 Å². The molecule has 6 atom stereocenters. The van der Waals surface area contributed by atoms with Crippen LogP contribution in [0.25, 0.3) is 5.57 Å². The Labute approximate surface area is 241 Å². The van der Waals surface area contributed by atoms with E-state index in [0.717, 1.165) is 50.2 Å². The molecule has 3 fully saturated rings. The van der Waals surface area contributed by atoms with Crippen molar-refractivity contribution in [1.82, 2.24) is 0 Å². The van der Waals surface area contributed by atoms with Gasteiger partial charge in [-0.05, 0) is 79.0 Å². The van der Waals surface area contributed by atoms with Crippen molar-refractivity contribution in [1.29, 1.82) is 0 Å². The monoisotopic (exact) mass is 562 g/mol. The Morgan fingerprint density at radius 1 is 1.02 bits per heavy atom. The molecule has 0 aliphatic heterocycles. The molecule has 0 bridgehead atoms. The Bertz CT molecular complexity index is 1360. The minimum absolute atomic E-state index is 0.0282. The average Bonchev–Trinajstić information content (AvgIpc) is 2.90. The van der Waals surface area contributed by atoms with E-state index in [-0.39, 0.29) is 35.5 Å². The summed E-state index contributed by atoms with van der Waals surface area (Å²) in [5.41, 5.74) is 0.411. The lowest BCUT2D eigenvalue weighted by Crippen LogP contribution is -2.70. The van der Waals surface area contributed by atoms with Crippen molar-refractivity contribution in [2.45, 2.75) is 91.1 Å². The molecule has 2 N–H and O–H groups in total. The van der Waals surface area contributed by atoms with Crippen LogP contribution in [0.15, 0.2) is 12.6 Å². The number of benzene rings is 1. The van der Waals surface area contributed by atoms with Crippen LogP contribution in [0.2, 0.25) is 0 Å². The van der Waals surface area contributed by atoms with Gasteiger partial charge in [0.1, 0.15) is 17.5 Å². The second-order valence-electron chi connectivity index (χ2n) is 13.6. The van der Waals surface area contributed by atoms with Crippen molar-refractivity contribution >= 4 is 34.5 Å². The first-order valence-electron chi connectivity index (χ1n) is 15.2. The maximum absolute atomic E-state index is 14.3. The number of hydrogen-bond donors (Lipinski definition) is 2. The van der Waals surface area contributed by atoms with Gasteiger partial charge in [0.05, 0.1) is 11.5 Å². The van der Waals surface area contributed by atoms with Crippen molar-refractivity contribution in [3.05, 3.63) is 34.9 Å². The summed E-state index contributed by atoms with van der Waals surface area (Å²) in [5, 5.41) is 23.5. The van der Waals surface area contributed by atoms with Gasteiger partial charge in [-0.25, -0.2) is 0 Å². The van der Waals surface area contributed by atoms with Crippen LogP contribution in [-0.4, -0.2) is 44.7 Å². The van der Waals surface area contributed by atoms with Gasteiger partial charge in [-0.15, -0.1) is 0 Å². The second-order valence-corrected chi connectivity index (χ2v) is 13.6. The van der Waals surface area contributed by atoms with E-state index in [2.05, 4.69) is 6.58 Å². The highest BCUT2D eigenvalue weighted by molar-refractivity contribution is 6.32. The van der Waals surface area contributed by atoms with Crippen LogP contribution in [0.1, 0.15) is 106 Å². The fourth-order valence-electron chi connectivity index (χ4n) is 8.50. The predicted octanol–water partition coefficient (Wildman–Crippen LogP) is 5.03. The van der Waals surface area contributed by atoms with Crippen LogP contribution in [-0.2, 0) is 25.6 Å². The molecule has 0 saturated heterocycles. The molecule has 41 heavy (non-hydrogen) atoms. The Morgan fingerprint density at radius 3 is 2.22 bits per heavy atom. The normalized spacial score (nSPS) is 32.1. The van der Waals surface area contributed by atoms with Gasteiger partial charge in [0.2, 0.25) is 0 Å². The molecule has 0 radical (unpaired) electrons. The highest BCUT2D eigenvalue weighted by Crippen LogP contribution is 2.54. The molecule has 220 valence electrons. The third-order valence-electron chi connectivity index (χ3n) is 10.5. The number of aliphatic hydroxyl groups is 1. The lowest BCUT2D eigenvalue weighted by Gasteiger charge is -2.52. The first-order valence-corrected chi connectivity index (χ1v) is 15.2. The Hall–Kier alpha value is -2.93. The van der Waals surface area contributed by atoms with E-state index in [9.17, 15) is 34.2 Å². The fourth-order valence-corrected chi connectivity index (χ4v) is 8.50. The van der Waals surface area contributed by atoms with E-state index in [4.69, 9.17) is 0 Å². The number of allylic oxidation sites excluding steroid dienone is 1. The molecule has 4 aliphatic rings. The smallest absolute Gasteiger partial charge is 0.190 e. The van der Waals surface area contributed by atoms with Crippen LogP contribution in [0.5, 0.6) is 5.75 Å². The summed E-state index contributed by atoms with van der Waals surface area (Å²) in [7, 11) is 0. The molecule has 0 amide bonds. The number of hydrogen-bond acceptors (Lipinski definition) is 7. The van der Waals surface area contributed by atoms with Gasteiger partial charge >= 0.3 is 0 Å².